The number of amides is 1. The highest BCUT2D eigenvalue weighted by molar-refractivity contribution is 6.23. The first-order valence-electron chi connectivity index (χ1n) is 9.83. The molecule has 1 N–H and O–H groups in total. The second kappa shape index (κ2) is 12.6. The summed E-state index contributed by atoms with van der Waals surface area (Å²) in [6, 6.07) is -0.575. The zero-order valence-corrected chi connectivity index (χ0v) is 15.8. The van der Waals surface area contributed by atoms with E-state index in [1.165, 1.54) is 19.3 Å². The molecule has 0 aliphatic heterocycles. The Hall–Kier alpha value is -1.71. The van der Waals surface area contributed by atoms with Crippen molar-refractivity contribution in [1.29, 1.82) is 0 Å². The molecule has 1 atom stereocenters. The normalized spacial score (nSPS) is 15.0. The molecule has 140 valence electrons. The number of Topliss-reactive ketones (excluding diaryl/α,β-unsaturated/α-hetero) is 2. The molecule has 0 spiro atoms. The summed E-state index contributed by atoms with van der Waals surface area (Å²) in [5, 5.41) is 2.87. The highest BCUT2D eigenvalue weighted by Crippen LogP contribution is 2.15. The smallest absolute Gasteiger partial charge is 0.220 e. The summed E-state index contributed by atoms with van der Waals surface area (Å²) in [4.78, 5) is 36.8. The Labute approximate surface area is 152 Å². The van der Waals surface area contributed by atoms with Gasteiger partial charge >= 0.3 is 0 Å². The third-order valence-electron chi connectivity index (χ3n) is 4.52. The summed E-state index contributed by atoms with van der Waals surface area (Å²) in [6.45, 7) is 4.23. The van der Waals surface area contributed by atoms with E-state index in [9.17, 15) is 14.4 Å². The fourth-order valence-corrected chi connectivity index (χ4v) is 2.96. The van der Waals surface area contributed by atoms with Crippen molar-refractivity contribution in [2.45, 2.75) is 90.5 Å². The molecule has 1 unspecified atom stereocenters. The molecule has 0 saturated carbocycles. The van der Waals surface area contributed by atoms with Gasteiger partial charge in [0.25, 0.3) is 0 Å². The fraction of sp³-hybridized carbons (Fsp3) is 0.667. The van der Waals surface area contributed by atoms with Gasteiger partial charge in [0.05, 0.1) is 11.6 Å². The molecule has 1 aliphatic rings. The van der Waals surface area contributed by atoms with E-state index in [1.54, 1.807) is 18.2 Å². The number of nitrogens with one attached hydrogen (secondary N) is 1. The number of hydrogen-bond donors (Lipinski definition) is 1. The van der Waals surface area contributed by atoms with Gasteiger partial charge in [-0.05, 0) is 18.9 Å². The lowest BCUT2D eigenvalue weighted by Gasteiger charge is -2.19. The highest BCUT2D eigenvalue weighted by Gasteiger charge is 2.27. The third-order valence-corrected chi connectivity index (χ3v) is 4.52. The standard InChI is InChI=1S/C21H33NO3/c1-3-5-7-8-9-10-16-20(24)22-18(14-6-4-2)21(25)17-13-11-12-15-19(17)23/h11-13,18H,3-10,14-16H2,1-2H3,(H,22,24). The van der Waals surface area contributed by atoms with Crippen LogP contribution in [0, 0.1) is 0 Å². The largest absolute Gasteiger partial charge is 0.346 e. The fourth-order valence-electron chi connectivity index (χ4n) is 2.96. The zero-order chi connectivity index (χ0) is 18.5. The van der Waals surface area contributed by atoms with Crippen LogP contribution in [0.2, 0.25) is 0 Å². The minimum atomic E-state index is -0.575. The van der Waals surface area contributed by atoms with Gasteiger partial charge in [-0.15, -0.1) is 0 Å². The molecule has 4 heteroatoms. The van der Waals surface area contributed by atoms with Crippen molar-refractivity contribution in [3.63, 3.8) is 0 Å². The summed E-state index contributed by atoms with van der Waals surface area (Å²) in [5.74, 6) is -0.470. The Morgan fingerprint density at radius 1 is 1.04 bits per heavy atom. The van der Waals surface area contributed by atoms with E-state index < -0.39 is 6.04 Å². The van der Waals surface area contributed by atoms with Gasteiger partial charge in [0.15, 0.2) is 11.6 Å². The first-order valence-corrected chi connectivity index (χ1v) is 9.83. The minimum Gasteiger partial charge on any atom is -0.346 e. The van der Waals surface area contributed by atoms with Crippen molar-refractivity contribution in [3.05, 3.63) is 23.8 Å². The van der Waals surface area contributed by atoms with Gasteiger partial charge in [-0.1, -0.05) is 70.9 Å². The number of allylic oxidation sites excluding steroid dienone is 3. The molecule has 0 aromatic heterocycles. The van der Waals surface area contributed by atoms with Crippen molar-refractivity contribution in [1.82, 2.24) is 5.32 Å². The topological polar surface area (TPSA) is 63.2 Å². The molecular weight excluding hydrogens is 314 g/mol. The molecule has 1 rings (SSSR count). The highest BCUT2D eigenvalue weighted by atomic mass is 16.2. The van der Waals surface area contributed by atoms with Crippen molar-refractivity contribution < 1.29 is 14.4 Å². The van der Waals surface area contributed by atoms with Crippen LogP contribution in [0.3, 0.4) is 0 Å². The average molecular weight is 347 g/mol. The van der Waals surface area contributed by atoms with E-state index in [4.69, 9.17) is 0 Å². The summed E-state index contributed by atoms with van der Waals surface area (Å²) < 4.78 is 0. The second-order valence-corrected chi connectivity index (χ2v) is 6.78. The average Bonchev–Trinajstić information content (AvgIpc) is 2.61. The molecule has 0 heterocycles. The van der Waals surface area contributed by atoms with Crippen molar-refractivity contribution in [3.8, 4) is 0 Å². The summed E-state index contributed by atoms with van der Waals surface area (Å²) in [7, 11) is 0. The van der Waals surface area contributed by atoms with E-state index >= 15 is 0 Å². The van der Waals surface area contributed by atoms with Gasteiger partial charge < -0.3 is 5.32 Å². The molecule has 0 radical (unpaired) electrons. The lowest BCUT2D eigenvalue weighted by molar-refractivity contribution is -0.128. The van der Waals surface area contributed by atoms with Crippen LogP contribution in [0.4, 0.5) is 0 Å². The van der Waals surface area contributed by atoms with Crippen LogP contribution in [0.5, 0.6) is 0 Å². The number of carbonyl (C=O) groups is 3. The molecule has 0 aromatic rings. The summed E-state index contributed by atoms with van der Waals surface area (Å²) in [6.07, 6.45) is 14.9. The predicted molar refractivity (Wildman–Crippen MR) is 101 cm³/mol. The van der Waals surface area contributed by atoms with Gasteiger partial charge in [0, 0.05) is 12.8 Å². The quantitative estimate of drug-likeness (QED) is 0.396. The first kappa shape index (κ1) is 21.3. The van der Waals surface area contributed by atoms with E-state index in [0.29, 0.717) is 12.8 Å². The molecule has 0 saturated heterocycles. The monoisotopic (exact) mass is 347 g/mol. The second-order valence-electron chi connectivity index (χ2n) is 6.78. The Morgan fingerprint density at radius 3 is 2.40 bits per heavy atom. The van der Waals surface area contributed by atoms with Crippen LogP contribution in [0.15, 0.2) is 23.8 Å². The van der Waals surface area contributed by atoms with Gasteiger partial charge in [-0.3, -0.25) is 14.4 Å². The van der Waals surface area contributed by atoms with Gasteiger partial charge in [-0.2, -0.15) is 0 Å². The molecule has 1 aliphatic carbocycles. The maximum Gasteiger partial charge on any atom is 0.220 e. The lowest BCUT2D eigenvalue weighted by Crippen LogP contribution is -2.42. The Bertz CT molecular complexity index is 505. The van der Waals surface area contributed by atoms with Gasteiger partial charge in [0.2, 0.25) is 5.91 Å². The third kappa shape index (κ3) is 8.28. The van der Waals surface area contributed by atoms with Crippen LogP contribution < -0.4 is 5.32 Å². The molecular formula is C21H33NO3. The van der Waals surface area contributed by atoms with Crippen molar-refractivity contribution in [2.24, 2.45) is 0 Å². The molecule has 0 bridgehead atoms. The number of rotatable bonds is 13. The van der Waals surface area contributed by atoms with Crippen molar-refractivity contribution >= 4 is 17.5 Å². The van der Waals surface area contributed by atoms with E-state index in [2.05, 4.69) is 12.2 Å². The minimum absolute atomic E-state index is 0.0793. The Kier molecular flexibility index (Phi) is 10.8. The molecule has 0 aromatic carbocycles. The van der Waals surface area contributed by atoms with Crippen LogP contribution in [-0.2, 0) is 14.4 Å². The number of unbranched alkanes of at least 4 members (excludes halogenated alkanes) is 6. The molecule has 25 heavy (non-hydrogen) atoms. The van der Waals surface area contributed by atoms with Gasteiger partial charge in [-0.25, -0.2) is 0 Å². The van der Waals surface area contributed by atoms with Gasteiger partial charge in [0.1, 0.15) is 0 Å². The first-order chi connectivity index (χ1) is 12.1. The SMILES string of the molecule is CCCCCCCCC(=O)NC(CCCC)C(=O)C1=CC=CCC1=O. The molecule has 1 amide bonds. The van der Waals surface area contributed by atoms with Crippen LogP contribution in [-0.4, -0.2) is 23.5 Å². The maximum atomic E-state index is 12.7. The number of carbonyl (C=O) groups excluding carboxylic acids is 3. The summed E-state index contributed by atoms with van der Waals surface area (Å²) >= 11 is 0. The van der Waals surface area contributed by atoms with E-state index in [1.807, 2.05) is 6.92 Å². The van der Waals surface area contributed by atoms with Crippen molar-refractivity contribution in [2.75, 3.05) is 0 Å². The zero-order valence-electron chi connectivity index (χ0n) is 15.8. The van der Waals surface area contributed by atoms with E-state index in [0.717, 1.165) is 32.1 Å². The molecule has 4 nitrogen and oxygen atoms in total. The number of ketones is 2. The van der Waals surface area contributed by atoms with Crippen LogP contribution in [0.25, 0.3) is 0 Å². The van der Waals surface area contributed by atoms with Crippen LogP contribution in [0.1, 0.15) is 84.5 Å². The van der Waals surface area contributed by atoms with Crippen LogP contribution >= 0.6 is 0 Å². The maximum absolute atomic E-state index is 12.7. The van der Waals surface area contributed by atoms with E-state index in [-0.39, 0.29) is 29.5 Å². The molecule has 0 fully saturated rings. The Morgan fingerprint density at radius 2 is 1.72 bits per heavy atom. The predicted octanol–water partition coefficient (Wildman–Crippen LogP) is 4.44. The summed E-state index contributed by atoms with van der Waals surface area (Å²) in [5.41, 5.74) is 0.225. The number of hydrogen-bond acceptors (Lipinski definition) is 3. The lowest BCUT2D eigenvalue weighted by atomic mass is 9.93. The Balaban J connectivity index is 2.50.